The first-order valence-corrected chi connectivity index (χ1v) is 17.3. The number of aryl methyl sites for hydroxylation is 1. The summed E-state index contributed by atoms with van der Waals surface area (Å²) in [6, 6.07) is 10.8. The highest BCUT2D eigenvalue weighted by Crippen LogP contribution is 2.50. The second-order valence-electron chi connectivity index (χ2n) is 13.9. The molecule has 1 unspecified atom stereocenters. The molecule has 0 radical (unpaired) electrons. The monoisotopic (exact) mass is 657 g/mol. The Kier molecular flexibility index (Phi) is 11.0. The van der Waals surface area contributed by atoms with Gasteiger partial charge in [-0.15, -0.1) is 0 Å². The van der Waals surface area contributed by atoms with Crippen LogP contribution in [0.15, 0.2) is 71.5 Å². The number of allylic oxidation sites excluding steroid dienone is 3. The number of hydrogen-bond acceptors (Lipinski definition) is 7. The van der Waals surface area contributed by atoms with Gasteiger partial charge in [-0.2, -0.15) is 0 Å². The lowest BCUT2D eigenvalue weighted by atomic mass is 9.73. The molecule has 0 aromatic heterocycles. The number of unbranched alkanes of at least 4 members (excludes halogenated alkanes) is 2. The molecular formula is C40H51NO7. The van der Waals surface area contributed by atoms with Gasteiger partial charge in [0.05, 0.1) is 25.2 Å². The van der Waals surface area contributed by atoms with Crippen molar-refractivity contribution < 1.29 is 34.0 Å². The van der Waals surface area contributed by atoms with Gasteiger partial charge in [0.1, 0.15) is 36.2 Å². The molecule has 5 rings (SSSR count). The van der Waals surface area contributed by atoms with Crippen LogP contribution in [0.3, 0.4) is 0 Å². The summed E-state index contributed by atoms with van der Waals surface area (Å²) in [7, 11) is 1.59. The van der Waals surface area contributed by atoms with Gasteiger partial charge in [-0.25, -0.2) is 4.79 Å². The van der Waals surface area contributed by atoms with E-state index in [1.165, 1.54) is 10.5 Å². The van der Waals surface area contributed by atoms with Crippen molar-refractivity contribution in [3.8, 4) is 17.2 Å². The minimum absolute atomic E-state index is 0.0227. The van der Waals surface area contributed by atoms with Crippen LogP contribution in [0.1, 0.15) is 89.3 Å². The predicted molar refractivity (Wildman–Crippen MR) is 186 cm³/mol. The average Bonchev–Trinajstić information content (AvgIpc) is 3.29. The largest absolute Gasteiger partial charge is 0.507 e. The summed E-state index contributed by atoms with van der Waals surface area (Å²) in [5, 5.41) is 22.1. The molecule has 8 nitrogen and oxygen atoms in total. The number of aliphatic hydroxyl groups is 1. The molecule has 258 valence electrons. The Labute approximate surface area is 285 Å². The third kappa shape index (κ3) is 7.05. The van der Waals surface area contributed by atoms with Crippen LogP contribution < -0.4 is 9.47 Å². The van der Waals surface area contributed by atoms with Crippen LogP contribution >= 0.6 is 0 Å². The maximum Gasteiger partial charge on any atom is 0.355 e. The maximum absolute atomic E-state index is 13.8. The lowest BCUT2D eigenvalue weighted by Crippen LogP contribution is -2.63. The van der Waals surface area contributed by atoms with Crippen molar-refractivity contribution in [1.29, 1.82) is 0 Å². The highest BCUT2D eigenvalue weighted by atomic mass is 16.5. The number of β-lactam (4-membered cyclic amide) rings is 1. The van der Waals surface area contributed by atoms with Gasteiger partial charge in [0, 0.05) is 23.0 Å². The number of carbonyl (C=O) groups is 2. The molecule has 0 spiro atoms. The maximum atomic E-state index is 13.8. The fourth-order valence-electron chi connectivity index (χ4n) is 7.67. The number of phenolic OH excluding ortho intramolecular Hbond substituents is 1. The van der Waals surface area contributed by atoms with Crippen molar-refractivity contribution in [2.45, 2.75) is 97.8 Å². The van der Waals surface area contributed by atoms with E-state index < -0.39 is 18.0 Å². The molecule has 3 aliphatic rings. The zero-order valence-corrected chi connectivity index (χ0v) is 29.3. The van der Waals surface area contributed by atoms with E-state index in [4.69, 9.17) is 14.2 Å². The Morgan fingerprint density at radius 3 is 2.50 bits per heavy atom. The Morgan fingerprint density at radius 1 is 1.12 bits per heavy atom. The topological polar surface area (TPSA) is 106 Å². The molecule has 0 saturated carbocycles. The van der Waals surface area contributed by atoms with Gasteiger partial charge in [0.25, 0.3) is 0 Å². The van der Waals surface area contributed by atoms with E-state index in [1.54, 1.807) is 26.2 Å². The Bertz CT molecular complexity index is 1590. The Hall–Kier alpha value is -4.04. The molecule has 1 aliphatic carbocycles. The summed E-state index contributed by atoms with van der Waals surface area (Å²) >= 11 is 0. The van der Waals surface area contributed by atoms with E-state index in [9.17, 15) is 19.8 Å². The predicted octanol–water partition coefficient (Wildman–Crippen LogP) is 7.38. The van der Waals surface area contributed by atoms with Gasteiger partial charge in [0.2, 0.25) is 5.91 Å². The number of rotatable bonds is 14. The first kappa shape index (κ1) is 35.3. The summed E-state index contributed by atoms with van der Waals surface area (Å²) in [4.78, 5) is 28.6. The SMILES string of the molecule is C=C(C)[C@@H]1CCC(C)=C[C@H]1c1c(O)cc(CCCCC)cc1OCC1=C(C(=O)OCc2ccc(OC)cc2)N2C(=O)[C@H]([C@@H](C)O)C2[C@H]1C. The van der Waals surface area contributed by atoms with E-state index in [2.05, 4.69) is 26.5 Å². The molecule has 2 aromatic carbocycles. The minimum Gasteiger partial charge on any atom is -0.507 e. The minimum atomic E-state index is -0.859. The molecule has 1 fully saturated rings. The first-order valence-electron chi connectivity index (χ1n) is 17.3. The first-order chi connectivity index (χ1) is 23.0. The summed E-state index contributed by atoms with van der Waals surface area (Å²) in [5.41, 5.74) is 5.63. The molecule has 2 heterocycles. The summed E-state index contributed by atoms with van der Waals surface area (Å²) in [6.07, 6.45) is 7.26. The van der Waals surface area contributed by atoms with Crippen LogP contribution in [-0.4, -0.2) is 52.9 Å². The summed E-state index contributed by atoms with van der Waals surface area (Å²) < 4.78 is 17.7. The van der Waals surface area contributed by atoms with E-state index in [0.29, 0.717) is 17.1 Å². The zero-order valence-electron chi connectivity index (χ0n) is 29.3. The fraction of sp³-hybridized carbons (Fsp3) is 0.500. The highest BCUT2D eigenvalue weighted by molar-refractivity contribution is 6.00. The van der Waals surface area contributed by atoms with E-state index >= 15 is 0 Å². The number of fused-ring (bicyclic) bond motifs is 1. The third-order valence-corrected chi connectivity index (χ3v) is 10.4. The van der Waals surface area contributed by atoms with Gasteiger partial charge in [0.15, 0.2) is 0 Å². The van der Waals surface area contributed by atoms with Gasteiger partial charge < -0.3 is 29.3 Å². The smallest absolute Gasteiger partial charge is 0.355 e. The number of carbonyl (C=O) groups excluding carboxylic acids is 2. The average molecular weight is 658 g/mol. The normalized spacial score (nSPS) is 24.1. The highest BCUT2D eigenvalue weighted by Gasteiger charge is 2.60. The van der Waals surface area contributed by atoms with Crippen LogP contribution in [0.2, 0.25) is 0 Å². The lowest BCUT2D eigenvalue weighted by molar-refractivity contribution is -0.164. The zero-order chi connectivity index (χ0) is 34.7. The molecule has 2 N–H and O–H groups in total. The number of aromatic hydroxyl groups is 1. The molecule has 1 saturated heterocycles. The number of ether oxygens (including phenoxy) is 3. The van der Waals surface area contributed by atoms with Crippen LogP contribution in [0, 0.1) is 17.8 Å². The fourth-order valence-corrected chi connectivity index (χ4v) is 7.67. The van der Waals surface area contributed by atoms with Crippen LogP contribution in [0.4, 0.5) is 0 Å². The Morgan fingerprint density at radius 2 is 1.85 bits per heavy atom. The number of hydrogen-bond donors (Lipinski definition) is 2. The van der Waals surface area contributed by atoms with Crippen molar-refractivity contribution >= 4 is 11.9 Å². The summed E-state index contributed by atoms with van der Waals surface area (Å²) in [6.45, 7) is 14.2. The lowest BCUT2D eigenvalue weighted by Gasteiger charge is -2.46. The standard InChI is InChI=1S/C40H51NO7/c1-8-9-10-11-28-19-33(43)36(31-18-24(4)12-17-30(31)23(2)3)34(20-28)47-22-32-25(5)37-35(26(6)42)39(44)41(37)38(32)40(45)48-21-27-13-15-29(46-7)16-14-27/h13-16,18-20,25-26,30-31,35,37,42-43H,2,8-12,17,21-22H2,1,3-7H3/t25-,26+,30-,31+,35+,37?/m0/s1. The third-order valence-electron chi connectivity index (χ3n) is 10.4. The van der Waals surface area contributed by atoms with Gasteiger partial charge in [-0.1, -0.05) is 62.6 Å². The van der Waals surface area contributed by atoms with Gasteiger partial charge >= 0.3 is 5.97 Å². The quantitative estimate of drug-likeness (QED) is 0.0945. The van der Waals surface area contributed by atoms with Crippen LogP contribution in [-0.2, 0) is 27.4 Å². The van der Waals surface area contributed by atoms with Gasteiger partial charge in [-0.05, 0) is 87.8 Å². The van der Waals surface area contributed by atoms with Crippen LogP contribution in [0.25, 0.3) is 0 Å². The molecule has 2 aromatic rings. The number of esters is 1. The van der Waals surface area contributed by atoms with Crippen molar-refractivity contribution in [2.75, 3.05) is 13.7 Å². The molecule has 1 amide bonds. The van der Waals surface area contributed by atoms with Gasteiger partial charge in [-0.3, -0.25) is 4.79 Å². The van der Waals surface area contributed by atoms with Crippen molar-refractivity contribution in [1.82, 2.24) is 4.90 Å². The number of aliphatic hydroxyl groups excluding tert-OH is 1. The molecule has 8 heteroatoms. The second kappa shape index (κ2) is 15.0. The molecule has 6 atom stereocenters. The molecular weight excluding hydrogens is 606 g/mol. The number of methoxy groups -OCH3 is 1. The number of nitrogens with zero attached hydrogens (tertiary/aromatic N) is 1. The van der Waals surface area contributed by atoms with E-state index in [1.807, 2.05) is 38.1 Å². The number of phenols is 1. The van der Waals surface area contributed by atoms with Crippen LogP contribution in [0.5, 0.6) is 17.2 Å². The number of benzene rings is 2. The van der Waals surface area contributed by atoms with E-state index in [-0.39, 0.29) is 54.4 Å². The van der Waals surface area contributed by atoms with Crippen molar-refractivity contribution in [2.24, 2.45) is 17.8 Å². The van der Waals surface area contributed by atoms with Crippen molar-refractivity contribution in [3.05, 3.63) is 88.2 Å². The van der Waals surface area contributed by atoms with E-state index in [0.717, 1.165) is 60.8 Å². The molecule has 0 bridgehead atoms. The molecule has 48 heavy (non-hydrogen) atoms. The van der Waals surface area contributed by atoms with Crippen molar-refractivity contribution in [3.63, 3.8) is 0 Å². The summed E-state index contributed by atoms with van der Waals surface area (Å²) in [5.74, 6) is -0.274. The second-order valence-corrected chi connectivity index (χ2v) is 13.9. The number of amides is 1. The molecule has 2 aliphatic heterocycles. The Balaban J connectivity index is 1.50.